The van der Waals surface area contributed by atoms with Crippen molar-refractivity contribution in [3.05, 3.63) is 29.8 Å². The van der Waals surface area contributed by atoms with Crippen LogP contribution in [0.1, 0.15) is 16.8 Å². The molecule has 0 saturated heterocycles. The van der Waals surface area contributed by atoms with Crippen LogP contribution in [0.5, 0.6) is 5.75 Å². The lowest BCUT2D eigenvalue weighted by Crippen LogP contribution is -2.05. The minimum Gasteiger partial charge on any atom is -0.494 e. The first-order chi connectivity index (χ1) is 8.42. The van der Waals surface area contributed by atoms with Crippen molar-refractivity contribution in [1.29, 1.82) is 0 Å². The summed E-state index contributed by atoms with van der Waals surface area (Å²) in [5, 5.41) is 0. The van der Waals surface area contributed by atoms with E-state index in [2.05, 4.69) is 4.74 Å². The molecule has 0 heterocycles. The molecule has 0 aliphatic rings. The molecule has 7 heteroatoms. The van der Waals surface area contributed by atoms with E-state index in [1.165, 1.54) is 7.11 Å². The molecule has 0 aliphatic carbocycles. The number of benzene rings is 1. The SMILES string of the molecule is COC(=O)c1ccc(OCCCS(=O)(=O)Cl)cc1. The number of halogens is 1. The third-order valence-electron chi connectivity index (χ3n) is 2.08. The number of carbonyl (C=O) groups excluding carboxylic acids is 1. The van der Waals surface area contributed by atoms with Gasteiger partial charge in [-0.25, -0.2) is 13.2 Å². The molecule has 100 valence electrons. The summed E-state index contributed by atoms with van der Waals surface area (Å²) >= 11 is 0. The van der Waals surface area contributed by atoms with Crippen LogP contribution in [-0.4, -0.2) is 33.9 Å². The van der Waals surface area contributed by atoms with Gasteiger partial charge in [0.25, 0.3) is 0 Å². The summed E-state index contributed by atoms with van der Waals surface area (Å²) < 4.78 is 31.2. The van der Waals surface area contributed by atoms with Crippen LogP contribution in [0.4, 0.5) is 0 Å². The molecule has 0 saturated carbocycles. The number of hydrogen-bond donors (Lipinski definition) is 0. The van der Waals surface area contributed by atoms with Gasteiger partial charge in [0, 0.05) is 10.7 Å². The van der Waals surface area contributed by atoms with Crippen molar-refractivity contribution >= 4 is 25.7 Å². The lowest BCUT2D eigenvalue weighted by molar-refractivity contribution is 0.0600. The van der Waals surface area contributed by atoms with Crippen molar-refractivity contribution in [2.24, 2.45) is 0 Å². The maximum absolute atomic E-state index is 11.2. The van der Waals surface area contributed by atoms with E-state index >= 15 is 0 Å². The zero-order valence-corrected chi connectivity index (χ0v) is 11.3. The molecular weight excluding hydrogens is 280 g/mol. The van der Waals surface area contributed by atoms with E-state index in [0.717, 1.165) is 0 Å². The van der Waals surface area contributed by atoms with Crippen molar-refractivity contribution < 1.29 is 22.7 Å². The van der Waals surface area contributed by atoms with Gasteiger partial charge in [-0.3, -0.25) is 0 Å². The standard InChI is InChI=1S/C11H13ClO5S/c1-16-11(13)9-3-5-10(6-4-9)17-7-2-8-18(12,14)15/h3-6H,2,7-8H2,1H3. The number of carbonyl (C=O) groups is 1. The average Bonchev–Trinajstić information content (AvgIpc) is 2.33. The van der Waals surface area contributed by atoms with Crippen LogP contribution in [0, 0.1) is 0 Å². The smallest absolute Gasteiger partial charge is 0.337 e. The molecule has 1 rings (SSSR count). The monoisotopic (exact) mass is 292 g/mol. The summed E-state index contributed by atoms with van der Waals surface area (Å²) in [5.74, 6) is -0.00108. The van der Waals surface area contributed by atoms with Crippen LogP contribution in [0.2, 0.25) is 0 Å². The second-order valence-electron chi connectivity index (χ2n) is 3.46. The largest absolute Gasteiger partial charge is 0.494 e. The zero-order valence-electron chi connectivity index (χ0n) is 9.76. The van der Waals surface area contributed by atoms with E-state index in [4.69, 9.17) is 15.4 Å². The minimum atomic E-state index is -3.47. The lowest BCUT2D eigenvalue weighted by atomic mass is 10.2. The fraction of sp³-hybridized carbons (Fsp3) is 0.364. The van der Waals surface area contributed by atoms with Gasteiger partial charge in [0.05, 0.1) is 25.0 Å². The van der Waals surface area contributed by atoms with Gasteiger partial charge in [-0.05, 0) is 30.7 Å². The third-order valence-corrected chi connectivity index (χ3v) is 3.32. The van der Waals surface area contributed by atoms with Crippen LogP contribution in [0.25, 0.3) is 0 Å². The molecular formula is C11H13ClO5S. The third kappa shape index (κ3) is 5.37. The van der Waals surface area contributed by atoms with E-state index in [-0.39, 0.29) is 12.4 Å². The molecule has 0 spiro atoms. The highest BCUT2D eigenvalue weighted by atomic mass is 35.7. The van der Waals surface area contributed by atoms with Crippen molar-refractivity contribution in [3.8, 4) is 5.75 Å². The van der Waals surface area contributed by atoms with Crippen LogP contribution in [-0.2, 0) is 13.8 Å². The number of esters is 1. The Morgan fingerprint density at radius 3 is 2.39 bits per heavy atom. The molecule has 0 radical (unpaired) electrons. The Labute approximate surface area is 110 Å². The summed E-state index contributed by atoms with van der Waals surface area (Å²) in [6, 6.07) is 6.36. The molecule has 1 aromatic rings. The lowest BCUT2D eigenvalue weighted by Gasteiger charge is -2.05. The van der Waals surface area contributed by atoms with Gasteiger partial charge in [-0.15, -0.1) is 0 Å². The molecule has 0 bridgehead atoms. The molecule has 5 nitrogen and oxygen atoms in total. The Bertz CT molecular complexity index is 495. The Balaban J connectivity index is 2.42. The second kappa shape index (κ2) is 6.61. The number of hydrogen-bond acceptors (Lipinski definition) is 5. The summed E-state index contributed by atoms with van der Waals surface area (Å²) in [5.41, 5.74) is 0.424. The van der Waals surface area contributed by atoms with Crippen molar-refractivity contribution in [3.63, 3.8) is 0 Å². The fourth-order valence-electron chi connectivity index (χ4n) is 1.23. The Morgan fingerprint density at radius 2 is 1.89 bits per heavy atom. The van der Waals surface area contributed by atoms with E-state index in [9.17, 15) is 13.2 Å². The Morgan fingerprint density at radius 1 is 1.28 bits per heavy atom. The number of rotatable bonds is 6. The van der Waals surface area contributed by atoms with Crippen molar-refractivity contribution in [2.45, 2.75) is 6.42 Å². The number of methoxy groups -OCH3 is 1. The van der Waals surface area contributed by atoms with Crippen LogP contribution in [0.15, 0.2) is 24.3 Å². The predicted octanol–water partition coefficient (Wildman–Crippen LogP) is 1.81. The van der Waals surface area contributed by atoms with E-state index in [0.29, 0.717) is 17.7 Å². The highest BCUT2D eigenvalue weighted by molar-refractivity contribution is 8.13. The summed E-state index contributed by atoms with van der Waals surface area (Å²) in [4.78, 5) is 11.2. The quantitative estimate of drug-likeness (QED) is 0.454. The normalized spacial score (nSPS) is 11.0. The minimum absolute atomic E-state index is 0.130. The van der Waals surface area contributed by atoms with Crippen molar-refractivity contribution in [1.82, 2.24) is 0 Å². The average molecular weight is 293 g/mol. The molecule has 0 N–H and O–H groups in total. The molecule has 0 fully saturated rings. The van der Waals surface area contributed by atoms with Crippen LogP contribution in [0.3, 0.4) is 0 Å². The van der Waals surface area contributed by atoms with Crippen molar-refractivity contribution in [2.75, 3.05) is 19.5 Å². The molecule has 0 aromatic heterocycles. The molecule has 0 amide bonds. The molecule has 1 aromatic carbocycles. The van der Waals surface area contributed by atoms with E-state index in [1.54, 1.807) is 24.3 Å². The van der Waals surface area contributed by atoms with Gasteiger partial charge in [-0.2, -0.15) is 0 Å². The fourth-order valence-corrected chi connectivity index (χ4v) is 2.02. The van der Waals surface area contributed by atoms with Gasteiger partial charge in [0.1, 0.15) is 5.75 Å². The van der Waals surface area contributed by atoms with Gasteiger partial charge in [0.2, 0.25) is 9.05 Å². The van der Waals surface area contributed by atoms with Gasteiger partial charge in [-0.1, -0.05) is 0 Å². The Hall–Kier alpha value is -1.27. The van der Waals surface area contributed by atoms with Gasteiger partial charge < -0.3 is 9.47 Å². The molecule has 0 atom stereocenters. The van der Waals surface area contributed by atoms with E-state index < -0.39 is 15.0 Å². The summed E-state index contributed by atoms with van der Waals surface area (Å²) in [6.07, 6.45) is 0.310. The maximum atomic E-state index is 11.2. The first-order valence-corrected chi connectivity index (χ1v) is 7.64. The number of ether oxygens (including phenoxy) is 2. The summed E-state index contributed by atoms with van der Waals surface area (Å²) in [7, 11) is 2.89. The van der Waals surface area contributed by atoms with E-state index in [1.807, 2.05) is 0 Å². The topological polar surface area (TPSA) is 69.7 Å². The maximum Gasteiger partial charge on any atom is 0.337 e. The highest BCUT2D eigenvalue weighted by Crippen LogP contribution is 2.13. The second-order valence-corrected chi connectivity index (χ2v) is 6.36. The zero-order chi connectivity index (χ0) is 13.6. The molecule has 18 heavy (non-hydrogen) atoms. The first kappa shape index (κ1) is 14.8. The first-order valence-electron chi connectivity index (χ1n) is 5.16. The Kier molecular flexibility index (Phi) is 5.43. The van der Waals surface area contributed by atoms with Gasteiger partial charge >= 0.3 is 5.97 Å². The molecule has 0 aliphatic heterocycles. The van der Waals surface area contributed by atoms with Crippen LogP contribution >= 0.6 is 10.7 Å². The predicted molar refractivity (Wildman–Crippen MR) is 67.5 cm³/mol. The summed E-state index contributed by atoms with van der Waals surface area (Å²) in [6.45, 7) is 0.240. The highest BCUT2D eigenvalue weighted by Gasteiger charge is 2.06. The molecule has 0 unspecified atom stereocenters. The van der Waals surface area contributed by atoms with Gasteiger partial charge in [0.15, 0.2) is 0 Å². The van der Waals surface area contributed by atoms with Crippen LogP contribution < -0.4 is 4.74 Å².